The Bertz CT molecular complexity index is 49.7. The molecular weight excluding hydrogens is 100 g/mol. The second kappa shape index (κ2) is 1.99. The third-order valence-electron chi connectivity index (χ3n) is 1.56. The van der Waals surface area contributed by atoms with E-state index >= 15 is 0 Å². The second-order valence-corrected chi connectivity index (χ2v) is 8.28. The third-order valence-corrected chi connectivity index (χ3v) is 4.69. The maximum Gasteiger partial charge on any atom is 0.0496 e. The minimum absolute atomic E-state index is 0.826. The van der Waals surface area contributed by atoms with Crippen LogP contribution in [-0.2, 0) is 0 Å². The van der Waals surface area contributed by atoms with Gasteiger partial charge in [0.25, 0.3) is 0 Å². The fraction of sp³-hybridized carbons (Fsp3) is 0.833. The van der Waals surface area contributed by atoms with Gasteiger partial charge in [0.15, 0.2) is 0 Å². The highest BCUT2D eigenvalue weighted by Gasteiger charge is 2.16. The molecule has 0 aliphatic rings. The van der Waals surface area contributed by atoms with Crippen molar-refractivity contribution in [1.29, 1.82) is 0 Å². The zero-order chi connectivity index (χ0) is 6.08. The molecule has 0 aromatic heterocycles. The normalized spacial score (nSPS) is 12.9. The van der Waals surface area contributed by atoms with Gasteiger partial charge in [0.05, 0.1) is 0 Å². The monoisotopic (exact) mass is 115 g/mol. The van der Waals surface area contributed by atoms with E-state index in [0.29, 0.717) is 0 Å². The van der Waals surface area contributed by atoms with Crippen molar-refractivity contribution in [3.63, 3.8) is 0 Å². The smallest absolute Gasteiger partial charge is 0.0496 e. The van der Waals surface area contributed by atoms with Crippen LogP contribution in [0.2, 0.25) is 18.6 Å². The van der Waals surface area contributed by atoms with E-state index in [0.717, 1.165) is 5.54 Å². The van der Waals surface area contributed by atoms with Crippen LogP contribution in [0, 0.1) is 6.55 Å². The first-order chi connectivity index (χ1) is 2.94. The van der Waals surface area contributed by atoms with Gasteiger partial charge in [0.2, 0.25) is 0 Å². The SMILES string of the molecule is [CH2][Si](C)(C)C(C)C. The van der Waals surface area contributed by atoms with Crippen molar-refractivity contribution >= 4 is 8.07 Å². The van der Waals surface area contributed by atoms with Crippen LogP contribution in [0.4, 0.5) is 0 Å². The Morgan fingerprint density at radius 1 is 1.29 bits per heavy atom. The van der Waals surface area contributed by atoms with E-state index < -0.39 is 8.07 Å². The molecule has 0 saturated heterocycles. The van der Waals surface area contributed by atoms with Crippen LogP contribution < -0.4 is 0 Å². The Labute approximate surface area is 47.9 Å². The summed E-state index contributed by atoms with van der Waals surface area (Å²) in [5.74, 6) is 0. The summed E-state index contributed by atoms with van der Waals surface area (Å²) in [6, 6.07) is 0. The van der Waals surface area contributed by atoms with E-state index in [-0.39, 0.29) is 0 Å². The van der Waals surface area contributed by atoms with Crippen LogP contribution in [0.1, 0.15) is 13.8 Å². The minimum atomic E-state index is -0.985. The van der Waals surface area contributed by atoms with Gasteiger partial charge < -0.3 is 0 Å². The number of hydrogen-bond acceptors (Lipinski definition) is 0. The minimum Gasteiger partial charge on any atom is -0.0692 e. The molecule has 0 N–H and O–H groups in total. The Balaban J connectivity index is 3.54. The lowest BCUT2D eigenvalue weighted by atomic mass is 10.6. The van der Waals surface area contributed by atoms with Gasteiger partial charge >= 0.3 is 0 Å². The third kappa shape index (κ3) is 2.86. The maximum absolute atomic E-state index is 4.11. The summed E-state index contributed by atoms with van der Waals surface area (Å²) in [6.45, 7) is 13.2. The Kier molecular flexibility index (Phi) is 2.05. The lowest BCUT2D eigenvalue weighted by Gasteiger charge is -2.19. The molecule has 0 unspecified atom stereocenters. The first kappa shape index (κ1) is 7.22. The standard InChI is InChI=1S/C6H15Si/c1-6(2)7(3,4)5/h6H,3H2,1-2,4-5H3. The molecule has 0 aromatic carbocycles. The molecule has 0 rings (SSSR count). The van der Waals surface area contributed by atoms with Crippen molar-refractivity contribution in [3.05, 3.63) is 6.55 Å². The Hall–Kier alpha value is 0.217. The maximum atomic E-state index is 4.11. The van der Waals surface area contributed by atoms with Crippen molar-refractivity contribution in [1.82, 2.24) is 0 Å². The summed E-state index contributed by atoms with van der Waals surface area (Å²) in [5, 5.41) is 0. The van der Waals surface area contributed by atoms with Gasteiger partial charge in [-0.05, 0) is 0 Å². The van der Waals surface area contributed by atoms with Gasteiger partial charge in [-0.25, -0.2) is 0 Å². The summed E-state index contributed by atoms with van der Waals surface area (Å²) in [5.41, 5.74) is 0.826. The predicted molar refractivity (Wildman–Crippen MR) is 37.9 cm³/mol. The molecule has 43 valence electrons. The van der Waals surface area contributed by atoms with Crippen molar-refractivity contribution in [2.45, 2.75) is 32.5 Å². The lowest BCUT2D eigenvalue weighted by Crippen LogP contribution is -2.24. The molecule has 7 heavy (non-hydrogen) atoms. The van der Waals surface area contributed by atoms with Gasteiger partial charge in [0.1, 0.15) is 0 Å². The number of rotatable bonds is 1. The molecule has 0 aromatic rings. The molecule has 0 saturated carbocycles. The van der Waals surface area contributed by atoms with Crippen LogP contribution in [0.5, 0.6) is 0 Å². The van der Waals surface area contributed by atoms with Crippen molar-refractivity contribution in [2.75, 3.05) is 0 Å². The van der Waals surface area contributed by atoms with E-state index in [2.05, 4.69) is 33.5 Å². The van der Waals surface area contributed by atoms with Crippen LogP contribution in [0.15, 0.2) is 0 Å². The van der Waals surface area contributed by atoms with E-state index in [4.69, 9.17) is 0 Å². The lowest BCUT2D eigenvalue weighted by molar-refractivity contribution is 1.02. The van der Waals surface area contributed by atoms with Crippen molar-refractivity contribution in [2.24, 2.45) is 0 Å². The molecule has 0 nitrogen and oxygen atoms in total. The molecule has 1 heteroatoms. The van der Waals surface area contributed by atoms with E-state index in [1.165, 1.54) is 0 Å². The molecule has 0 spiro atoms. The molecule has 1 radical (unpaired) electrons. The molecule has 0 fully saturated rings. The predicted octanol–water partition coefficient (Wildman–Crippen LogP) is 2.48. The van der Waals surface area contributed by atoms with Crippen LogP contribution in [-0.4, -0.2) is 8.07 Å². The van der Waals surface area contributed by atoms with Crippen molar-refractivity contribution < 1.29 is 0 Å². The van der Waals surface area contributed by atoms with Crippen LogP contribution >= 0.6 is 0 Å². The van der Waals surface area contributed by atoms with Crippen LogP contribution in [0.3, 0.4) is 0 Å². The van der Waals surface area contributed by atoms with Gasteiger partial charge in [-0.2, -0.15) is 0 Å². The van der Waals surface area contributed by atoms with Gasteiger partial charge in [-0.3, -0.25) is 0 Å². The Morgan fingerprint density at radius 3 is 1.43 bits per heavy atom. The molecule has 0 atom stereocenters. The van der Waals surface area contributed by atoms with E-state index in [1.54, 1.807) is 0 Å². The molecule has 0 aliphatic carbocycles. The average Bonchev–Trinajstić information content (AvgIpc) is 1.31. The zero-order valence-electron chi connectivity index (χ0n) is 5.78. The number of hydrogen-bond donors (Lipinski definition) is 0. The first-order valence-electron chi connectivity index (χ1n) is 2.80. The summed E-state index contributed by atoms with van der Waals surface area (Å²) in [4.78, 5) is 0. The van der Waals surface area contributed by atoms with Crippen LogP contribution in [0.25, 0.3) is 0 Å². The average molecular weight is 115 g/mol. The summed E-state index contributed by atoms with van der Waals surface area (Å²) < 4.78 is 0. The van der Waals surface area contributed by atoms with Gasteiger partial charge in [0, 0.05) is 8.07 Å². The molecule has 0 amide bonds. The highest BCUT2D eigenvalue weighted by Crippen LogP contribution is 2.17. The largest absolute Gasteiger partial charge is 0.0692 e. The molecule has 0 aliphatic heterocycles. The molecular formula is C6H15Si. The summed E-state index contributed by atoms with van der Waals surface area (Å²) >= 11 is 0. The van der Waals surface area contributed by atoms with E-state index in [9.17, 15) is 0 Å². The zero-order valence-corrected chi connectivity index (χ0v) is 6.78. The highest BCUT2D eigenvalue weighted by molar-refractivity contribution is 6.80. The quantitative estimate of drug-likeness (QED) is 0.461. The molecule has 0 bridgehead atoms. The molecule has 0 heterocycles. The van der Waals surface area contributed by atoms with E-state index in [1.807, 2.05) is 0 Å². The van der Waals surface area contributed by atoms with Gasteiger partial charge in [-0.15, -0.1) is 0 Å². The van der Waals surface area contributed by atoms with Crippen molar-refractivity contribution in [3.8, 4) is 0 Å². The Morgan fingerprint density at radius 2 is 1.43 bits per heavy atom. The topological polar surface area (TPSA) is 0 Å². The fourth-order valence-electron chi connectivity index (χ4n) is 0. The summed E-state index contributed by atoms with van der Waals surface area (Å²) in [7, 11) is -0.985. The van der Waals surface area contributed by atoms with Gasteiger partial charge in [-0.1, -0.05) is 39.0 Å². The fourth-order valence-corrected chi connectivity index (χ4v) is 0. The second-order valence-electron chi connectivity index (χ2n) is 3.14. The summed E-state index contributed by atoms with van der Waals surface area (Å²) in [6.07, 6.45) is 0. The first-order valence-corrected chi connectivity index (χ1v) is 6.08. The highest BCUT2D eigenvalue weighted by atomic mass is 28.3.